The van der Waals surface area contributed by atoms with Crippen LogP contribution in [0.5, 0.6) is 0 Å². The Morgan fingerprint density at radius 3 is 2.59 bits per heavy atom. The van der Waals surface area contributed by atoms with E-state index in [9.17, 15) is 14.4 Å². The summed E-state index contributed by atoms with van der Waals surface area (Å²) in [5.41, 5.74) is 1.64. The topological polar surface area (TPSA) is 64.3 Å². The molecule has 2 aromatic carbocycles. The normalized spacial score (nSPS) is 13.4. The number of para-hydroxylation sites is 1. The fourth-order valence-electron chi connectivity index (χ4n) is 4.24. The summed E-state index contributed by atoms with van der Waals surface area (Å²) < 4.78 is 2.90. The van der Waals surface area contributed by atoms with E-state index in [0.29, 0.717) is 47.0 Å². The van der Waals surface area contributed by atoms with Crippen LogP contribution in [0.4, 0.5) is 0 Å². The van der Waals surface area contributed by atoms with Crippen LogP contribution >= 0.6 is 22.9 Å². The minimum Gasteiger partial charge on any atom is -0.337 e. The molecular weight excluding hydrogens is 446 g/mol. The third-order valence-electron chi connectivity index (χ3n) is 5.81. The van der Waals surface area contributed by atoms with E-state index in [1.54, 1.807) is 46.7 Å². The number of hydrogen-bond acceptors (Lipinski definition) is 4. The summed E-state index contributed by atoms with van der Waals surface area (Å²) in [5.74, 6) is 0.00567. The van der Waals surface area contributed by atoms with Gasteiger partial charge >= 0.3 is 5.69 Å². The molecule has 0 saturated heterocycles. The number of aromatic nitrogens is 2. The molecule has 32 heavy (non-hydrogen) atoms. The van der Waals surface area contributed by atoms with Crippen LogP contribution < -0.4 is 11.2 Å². The maximum absolute atomic E-state index is 13.6. The molecule has 4 aromatic rings. The predicted octanol–water partition coefficient (Wildman–Crippen LogP) is 3.82. The molecule has 0 atom stereocenters. The summed E-state index contributed by atoms with van der Waals surface area (Å²) in [6, 6.07) is 16.3. The molecule has 1 aliphatic rings. The summed E-state index contributed by atoms with van der Waals surface area (Å²) in [5, 5.41) is 1.16. The molecule has 0 N–H and O–H groups in total. The summed E-state index contributed by atoms with van der Waals surface area (Å²) in [4.78, 5) is 42.5. The first-order valence-corrected chi connectivity index (χ1v) is 11.5. The highest BCUT2D eigenvalue weighted by Gasteiger charge is 2.27. The van der Waals surface area contributed by atoms with Crippen LogP contribution in [0.15, 0.2) is 64.2 Å². The second kappa shape index (κ2) is 8.07. The van der Waals surface area contributed by atoms with Crippen LogP contribution in [0.2, 0.25) is 5.02 Å². The van der Waals surface area contributed by atoms with Crippen LogP contribution in [0.1, 0.15) is 22.9 Å². The average molecular weight is 466 g/mol. The van der Waals surface area contributed by atoms with Gasteiger partial charge in [-0.3, -0.25) is 14.2 Å². The Labute approximate surface area is 192 Å². The van der Waals surface area contributed by atoms with Crippen molar-refractivity contribution in [3.8, 4) is 5.69 Å². The van der Waals surface area contributed by atoms with Gasteiger partial charge in [0.2, 0.25) is 5.91 Å². The van der Waals surface area contributed by atoms with E-state index in [-0.39, 0.29) is 11.5 Å². The molecule has 6 nitrogen and oxygen atoms in total. The second-order valence-electron chi connectivity index (χ2n) is 7.85. The van der Waals surface area contributed by atoms with Crippen molar-refractivity contribution < 1.29 is 4.79 Å². The lowest BCUT2D eigenvalue weighted by atomic mass is 10.1. The number of halogens is 1. The monoisotopic (exact) mass is 465 g/mol. The molecule has 3 heterocycles. The lowest BCUT2D eigenvalue weighted by molar-refractivity contribution is -0.129. The van der Waals surface area contributed by atoms with E-state index in [1.807, 2.05) is 24.3 Å². The number of fused-ring (bicyclic) bond motifs is 3. The van der Waals surface area contributed by atoms with E-state index in [4.69, 9.17) is 11.6 Å². The molecule has 0 bridgehead atoms. The first-order chi connectivity index (χ1) is 15.4. The zero-order valence-electron chi connectivity index (χ0n) is 17.4. The molecule has 162 valence electrons. The summed E-state index contributed by atoms with van der Waals surface area (Å²) in [6.45, 7) is 2.86. The molecule has 2 aromatic heterocycles. The van der Waals surface area contributed by atoms with Crippen LogP contribution in [0.25, 0.3) is 15.9 Å². The van der Waals surface area contributed by atoms with Crippen molar-refractivity contribution in [3.05, 3.63) is 96.5 Å². The molecule has 1 aliphatic heterocycles. The van der Waals surface area contributed by atoms with Crippen molar-refractivity contribution in [2.45, 2.75) is 26.4 Å². The molecule has 0 unspecified atom stereocenters. The van der Waals surface area contributed by atoms with Crippen LogP contribution in [-0.2, 0) is 24.3 Å². The predicted molar refractivity (Wildman–Crippen MR) is 127 cm³/mol. The highest BCUT2D eigenvalue weighted by Crippen LogP contribution is 2.33. The molecule has 5 rings (SSSR count). The fourth-order valence-corrected chi connectivity index (χ4v) is 5.80. The van der Waals surface area contributed by atoms with Gasteiger partial charge in [-0.05, 0) is 41.8 Å². The molecule has 0 fully saturated rings. The number of benzene rings is 2. The number of carbonyl (C=O) groups excluding carboxylic acids is 1. The highest BCUT2D eigenvalue weighted by molar-refractivity contribution is 7.18. The Kier molecular flexibility index (Phi) is 5.23. The van der Waals surface area contributed by atoms with Gasteiger partial charge in [0.25, 0.3) is 5.56 Å². The quantitative estimate of drug-likeness (QED) is 0.462. The van der Waals surface area contributed by atoms with Gasteiger partial charge in [-0.25, -0.2) is 9.36 Å². The van der Waals surface area contributed by atoms with Gasteiger partial charge in [-0.2, -0.15) is 0 Å². The molecule has 0 spiro atoms. The minimum atomic E-state index is -0.393. The van der Waals surface area contributed by atoms with Gasteiger partial charge in [0.15, 0.2) is 0 Å². The molecule has 0 aliphatic carbocycles. The standard InChI is InChI=1S/C24H20ClN3O3S/c1-15(29)26-11-10-19-20(14-26)32-23-21(19)22(30)28(18-8-3-2-4-9-18)24(31)27(23)13-16-6-5-7-17(25)12-16/h2-9,12H,10-11,13-14H2,1H3. The van der Waals surface area contributed by atoms with Crippen molar-refractivity contribution in [3.63, 3.8) is 0 Å². The number of amides is 1. The molecule has 8 heteroatoms. The zero-order chi connectivity index (χ0) is 22.4. The smallest absolute Gasteiger partial charge is 0.337 e. The summed E-state index contributed by atoms with van der Waals surface area (Å²) in [7, 11) is 0. The number of rotatable bonds is 3. The number of hydrogen-bond donors (Lipinski definition) is 0. The Morgan fingerprint density at radius 2 is 1.88 bits per heavy atom. The molecule has 0 radical (unpaired) electrons. The molecular formula is C24H20ClN3O3S. The fraction of sp³-hybridized carbons (Fsp3) is 0.208. The first kappa shape index (κ1) is 20.7. The maximum atomic E-state index is 13.6. The summed E-state index contributed by atoms with van der Waals surface area (Å²) >= 11 is 7.60. The van der Waals surface area contributed by atoms with Gasteiger partial charge in [0, 0.05) is 23.4 Å². The number of carbonyl (C=O) groups is 1. The van der Waals surface area contributed by atoms with E-state index < -0.39 is 5.69 Å². The summed E-state index contributed by atoms with van der Waals surface area (Å²) in [6.07, 6.45) is 0.592. The van der Waals surface area contributed by atoms with Crippen LogP contribution in [0, 0.1) is 0 Å². The van der Waals surface area contributed by atoms with Gasteiger partial charge in [0.1, 0.15) is 4.83 Å². The van der Waals surface area contributed by atoms with Gasteiger partial charge in [-0.1, -0.05) is 41.9 Å². The molecule has 1 amide bonds. The number of thiophene rings is 1. The van der Waals surface area contributed by atoms with Gasteiger partial charge in [0.05, 0.1) is 24.2 Å². The Balaban J connectivity index is 1.80. The van der Waals surface area contributed by atoms with Crippen molar-refractivity contribution in [1.29, 1.82) is 0 Å². The van der Waals surface area contributed by atoms with Gasteiger partial charge < -0.3 is 4.90 Å². The van der Waals surface area contributed by atoms with Crippen molar-refractivity contribution in [2.24, 2.45) is 0 Å². The van der Waals surface area contributed by atoms with Gasteiger partial charge in [-0.15, -0.1) is 11.3 Å². The van der Waals surface area contributed by atoms with Crippen LogP contribution in [0.3, 0.4) is 0 Å². The van der Waals surface area contributed by atoms with E-state index in [1.165, 1.54) is 15.9 Å². The van der Waals surface area contributed by atoms with Crippen molar-refractivity contribution in [1.82, 2.24) is 14.0 Å². The average Bonchev–Trinajstić information content (AvgIpc) is 3.16. The largest absolute Gasteiger partial charge is 0.337 e. The van der Waals surface area contributed by atoms with Crippen molar-refractivity contribution in [2.75, 3.05) is 6.54 Å². The third kappa shape index (κ3) is 3.47. The highest BCUT2D eigenvalue weighted by atomic mass is 35.5. The van der Waals surface area contributed by atoms with E-state index in [0.717, 1.165) is 16.0 Å². The SMILES string of the molecule is CC(=O)N1CCc2c(sc3c2c(=O)n(-c2ccccc2)c(=O)n3Cc2cccc(Cl)c2)C1. The van der Waals surface area contributed by atoms with Crippen LogP contribution in [-0.4, -0.2) is 26.5 Å². The first-order valence-electron chi connectivity index (χ1n) is 10.3. The maximum Gasteiger partial charge on any atom is 0.337 e. The number of nitrogens with zero attached hydrogens (tertiary/aromatic N) is 3. The second-order valence-corrected chi connectivity index (χ2v) is 9.37. The lowest BCUT2D eigenvalue weighted by Gasteiger charge is -2.25. The Hall–Kier alpha value is -3.16. The van der Waals surface area contributed by atoms with Crippen molar-refractivity contribution >= 4 is 39.1 Å². The third-order valence-corrected chi connectivity index (χ3v) is 7.29. The Morgan fingerprint density at radius 1 is 1.09 bits per heavy atom. The van der Waals surface area contributed by atoms with E-state index in [2.05, 4.69) is 0 Å². The van der Waals surface area contributed by atoms with E-state index >= 15 is 0 Å². The minimum absolute atomic E-state index is 0.00567. The molecule has 0 saturated carbocycles. The lowest BCUT2D eigenvalue weighted by Crippen LogP contribution is -2.39. The zero-order valence-corrected chi connectivity index (χ0v) is 18.9. The Bertz CT molecular complexity index is 1470.